The molecule has 0 spiro atoms. The van der Waals surface area contributed by atoms with Crippen LogP contribution in [0.2, 0.25) is 0 Å². The first-order valence-electron chi connectivity index (χ1n) is 10.1. The molecule has 0 aromatic heterocycles. The maximum absolute atomic E-state index is 12.0. The van der Waals surface area contributed by atoms with E-state index < -0.39 is 5.97 Å². The molecule has 4 rings (SSSR count). The number of carboxylic acids is 1. The van der Waals surface area contributed by atoms with E-state index >= 15 is 0 Å². The zero-order valence-corrected chi connectivity index (χ0v) is 17.7. The topological polar surface area (TPSA) is 87.7 Å². The molecule has 3 aromatic carbocycles. The number of rotatable bonds is 5. The van der Waals surface area contributed by atoms with Crippen LogP contribution in [0.25, 0.3) is 0 Å². The largest absolute Gasteiger partial charge is 0.478 e. The molecule has 0 fully saturated rings. The molecular formula is C25H24N2O4. The Morgan fingerprint density at radius 3 is 2.32 bits per heavy atom. The van der Waals surface area contributed by atoms with Gasteiger partial charge in [-0.15, -0.1) is 0 Å². The molecule has 1 aliphatic heterocycles. The van der Waals surface area contributed by atoms with Gasteiger partial charge in [0.25, 0.3) is 5.91 Å². The van der Waals surface area contributed by atoms with E-state index in [0.717, 1.165) is 18.4 Å². The summed E-state index contributed by atoms with van der Waals surface area (Å²) in [5, 5.41) is 15.3. The van der Waals surface area contributed by atoms with Crippen LogP contribution in [-0.4, -0.2) is 24.0 Å². The fourth-order valence-corrected chi connectivity index (χ4v) is 3.69. The number of nitrogens with one attached hydrogen (secondary N) is 2. The van der Waals surface area contributed by atoms with Crippen LogP contribution in [0.5, 0.6) is 11.5 Å². The SMILES string of the molecule is CNC(=O)c1cc2c(c(C(=O)O)c1)Nc1cc(CCc3ccc(C)c(C)c3)ccc1O2. The van der Waals surface area contributed by atoms with Gasteiger partial charge in [-0.2, -0.15) is 0 Å². The van der Waals surface area contributed by atoms with Gasteiger partial charge in [-0.1, -0.05) is 24.3 Å². The molecule has 6 heteroatoms. The van der Waals surface area contributed by atoms with Crippen LogP contribution in [0.4, 0.5) is 11.4 Å². The zero-order valence-electron chi connectivity index (χ0n) is 17.7. The van der Waals surface area contributed by atoms with Gasteiger partial charge in [0.1, 0.15) is 0 Å². The van der Waals surface area contributed by atoms with Gasteiger partial charge in [0.2, 0.25) is 0 Å². The quantitative estimate of drug-likeness (QED) is 0.426. The maximum Gasteiger partial charge on any atom is 0.337 e. The number of amides is 1. The highest BCUT2D eigenvalue weighted by molar-refractivity contribution is 6.03. The molecule has 1 aliphatic rings. The number of hydrogen-bond acceptors (Lipinski definition) is 4. The Labute approximate surface area is 180 Å². The second kappa shape index (κ2) is 8.14. The number of anilines is 2. The van der Waals surface area contributed by atoms with Crippen molar-refractivity contribution >= 4 is 23.3 Å². The molecule has 3 aromatic rings. The van der Waals surface area contributed by atoms with Crippen LogP contribution < -0.4 is 15.4 Å². The number of aromatic carboxylic acids is 1. The molecule has 0 saturated heterocycles. The molecule has 0 radical (unpaired) electrons. The van der Waals surface area contributed by atoms with Crippen LogP contribution in [-0.2, 0) is 12.8 Å². The van der Waals surface area contributed by atoms with Crippen LogP contribution >= 0.6 is 0 Å². The normalized spacial score (nSPS) is 11.6. The summed E-state index contributed by atoms with van der Waals surface area (Å²) in [4.78, 5) is 23.8. The fourth-order valence-electron chi connectivity index (χ4n) is 3.69. The fraction of sp³-hybridized carbons (Fsp3) is 0.200. The summed E-state index contributed by atoms with van der Waals surface area (Å²) >= 11 is 0. The summed E-state index contributed by atoms with van der Waals surface area (Å²) in [6.45, 7) is 4.22. The number of hydrogen-bond donors (Lipinski definition) is 3. The molecule has 1 heterocycles. The number of ether oxygens (including phenoxy) is 1. The minimum Gasteiger partial charge on any atom is -0.478 e. The average molecular weight is 416 g/mol. The van der Waals surface area contributed by atoms with Crippen molar-refractivity contribution in [2.75, 3.05) is 12.4 Å². The van der Waals surface area contributed by atoms with E-state index in [2.05, 4.69) is 42.7 Å². The molecule has 0 bridgehead atoms. The molecule has 0 aliphatic carbocycles. The lowest BCUT2D eigenvalue weighted by Gasteiger charge is -2.24. The third kappa shape index (κ3) is 4.10. The van der Waals surface area contributed by atoms with Crippen molar-refractivity contribution in [2.24, 2.45) is 0 Å². The Hall–Kier alpha value is -3.80. The van der Waals surface area contributed by atoms with E-state index in [4.69, 9.17) is 4.74 Å². The van der Waals surface area contributed by atoms with E-state index in [1.807, 2.05) is 18.2 Å². The number of carbonyl (C=O) groups is 2. The van der Waals surface area contributed by atoms with E-state index in [1.165, 1.54) is 29.8 Å². The summed E-state index contributed by atoms with van der Waals surface area (Å²) in [7, 11) is 1.50. The molecule has 3 N–H and O–H groups in total. The molecule has 0 unspecified atom stereocenters. The molecule has 158 valence electrons. The van der Waals surface area contributed by atoms with Gasteiger partial charge in [-0.3, -0.25) is 4.79 Å². The summed E-state index contributed by atoms with van der Waals surface area (Å²) in [6.07, 6.45) is 1.76. The third-order valence-electron chi connectivity index (χ3n) is 5.62. The Kier molecular flexibility index (Phi) is 5.38. The Morgan fingerprint density at radius 1 is 0.935 bits per heavy atom. The minimum atomic E-state index is -1.13. The van der Waals surface area contributed by atoms with Crippen LogP contribution in [0.1, 0.15) is 43.0 Å². The molecule has 1 amide bonds. The average Bonchev–Trinajstić information content (AvgIpc) is 2.76. The Bertz CT molecular complexity index is 1200. The minimum absolute atomic E-state index is 0.0118. The van der Waals surface area contributed by atoms with Gasteiger partial charge in [-0.05, 0) is 73.2 Å². The van der Waals surface area contributed by atoms with Gasteiger partial charge in [0, 0.05) is 12.6 Å². The highest BCUT2D eigenvalue weighted by Gasteiger charge is 2.25. The second-order valence-corrected chi connectivity index (χ2v) is 7.76. The summed E-state index contributed by atoms with van der Waals surface area (Å²) in [5.41, 5.74) is 6.24. The van der Waals surface area contributed by atoms with E-state index in [1.54, 1.807) is 6.07 Å². The van der Waals surface area contributed by atoms with Gasteiger partial charge in [0.15, 0.2) is 11.5 Å². The Morgan fingerprint density at radius 2 is 1.65 bits per heavy atom. The van der Waals surface area contributed by atoms with Gasteiger partial charge < -0.3 is 20.5 Å². The molecule has 0 saturated carbocycles. The number of carbonyl (C=O) groups excluding carboxylic acids is 1. The number of aryl methyl sites for hydroxylation is 4. The van der Waals surface area contributed by atoms with E-state index in [9.17, 15) is 14.7 Å². The van der Waals surface area contributed by atoms with Crippen molar-refractivity contribution in [2.45, 2.75) is 26.7 Å². The van der Waals surface area contributed by atoms with Crippen molar-refractivity contribution < 1.29 is 19.4 Å². The predicted octanol–water partition coefficient (Wildman–Crippen LogP) is 5.00. The van der Waals surface area contributed by atoms with Crippen molar-refractivity contribution in [1.29, 1.82) is 0 Å². The first-order valence-corrected chi connectivity index (χ1v) is 10.1. The first kappa shape index (κ1) is 20.5. The monoisotopic (exact) mass is 416 g/mol. The molecule has 0 atom stereocenters. The lowest BCUT2D eigenvalue weighted by molar-refractivity contribution is 0.0697. The van der Waals surface area contributed by atoms with Crippen LogP contribution in [0.3, 0.4) is 0 Å². The number of fused-ring (bicyclic) bond motifs is 2. The highest BCUT2D eigenvalue weighted by Crippen LogP contribution is 2.44. The standard InChI is InChI=1S/C25H24N2O4/c1-14-4-5-16(10-15(14)2)6-7-17-8-9-21-20(11-17)27-23-19(25(29)30)12-18(24(28)26-3)13-22(23)31-21/h4-5,8-13,27H,6-7H2,1-3H3,(H,26,28)(H,29,30). The molecule has 31 heavy (non-hydrogen) atoms. The highest BCUT2D eigenvalue weighted by atomic mass is 16.5. The smallest absolute Gasteiger partial charge is 0.337 e. The lowest BCUT2D eigenvalue weighted by atomic mass is 9.99. The first-order chi connectivity index (χ1) is 14.9. The van der Waals surface area contributed by atoms with Gasteiger partial charge in [-0.25, -0.2) is 4.79 Å². The predicted molar refractivity (Wildman–Crippen MR) is 120 cm³/mol. The van der Waals surface area contributed by atoms with Crippen LogP contribution in [0, 0.1) is 13.8 Å². The van der Waals surface area contributed by atoms with E-state index in [0.29, 0.717) is 22.9 Å². The van der Waals surface area contributed by atoms with Crippen molar-refractivity contribution in [3.05, 3.63) is 81.9 Å². The molecular weight excluding hydrogens is 392 g/mol. The van der Waals surface area contributed by atoms with Crippen molar-refractivity contribution in [3.63, 3.8) is 0 Å². The number of carboxylic acid groups (broad SMARTS) is 1. The van der Waals surface area contributed by atoms with E-state index in [-0.39, 0.29) is 17.0 Å². The summed E-state index contributed by atoms with van der Waals surface area (Å²) in [5.74, 6) is -0.601. The van der Waals surface area contributed by atoms with Gasteiger partial charge in [0.05, 0.1) is 16.9 Å². The van der Waals surface area contributed by atoms with Crippen molar-refractivity contribution in [1.82, 2.24) is 5.32 Å². The van der Waals surface area contributed by atoms with Crippen molar-refractivity contribution in [3.8, 4) is 11.5 Å². The lowest BCUT2D eigenvalue weighted by Crippen LogP contribution is -2.19. The zero-order chi connectivity index (χ0) is 22.1. The van der Waals surface area contributed by atoms with Crippen LogP contribution in [0.15, 0.2) is 48.5 Å². The summed E-state index contributed by atoms with van der Waals surface area (Å²) in [6, 6.07) is 15.3. The Balaban J connectivity index is 1.60. The van der Waals surface area contributed by atoms with Gasteiger partial charge >= 0.3 is 5.97 Å². The maximum atomic E-state index is 12.0. The number of benzene rings is 3. The third-order valence-corrected chi connectivity index (χ3v) is 5.62. The molecule has 6 nitrogen and oxygen atoms in total. The second-order valence-electron chi connectivity index (χ2n) is 7.76. The summed E-state index contributed by atoms with van der Waals surface area (Å²) < 4.78 is 5.94.